The van der Waals surface area contributed by atoms with Crippen molar-refractivity contribution in [2.75, 3.05) is 26.7 Å². The molecule has 0 saturated heterocycles. The lowest BCUT2D eigenvalue weighted by Gasteiger charge is -2.37. The van der Waals surface area contributed by atoms with Gasteiger partial charge >= 0.3 is 0 Å². The number of aliphatic hydroxyl groups excluding tert-OH is 1. The largest absolute Gasteiger partial charge is 0.472 e. The van der Waals surface area contributed by atoms with Gasteiger partial charge in [0.05, 0.1) is 12.6 Å². The molecule has 3 aromatic rings. The van der Waals surface area contributed by atoms with Gasteiger partial charge in [0.15, 0.2) is 0 Å². The molecule has 1 N–H and O–H groups in total. The summed E-state index contributed by atoms with van der Waals surface area (Å²) in [6.45, 7) is 5.22. The maximum atomic E-state index is 13.7. The second kappa shape index (κ2) is 12.7. The second-order valence-corrected chi connectivity index (χ2v) is 9.99. The van der Waals surface area contributed by atoms with Crippen molar-refractivity contribution in [2.45, 2.75) is 39.0 Å². The first kappa shape index (κ1) is 27.3. The number of halogens is 1. The van der Waals surface area contributed by atoms with Crippen LogP contribution in [-0.2, 0) is 13.0 Å². The van der Waals surface area contributed by atoms with Gasteiger partial charge in [-0.2, -0.15) is 0 Å². The van der Waals surface area contributed by atoms with Gasteiger partial charge < -0.3 is 14.7 Å². The number of fused-ring (bicyclic) bond motifs is 1. The Hall–Kier alpha value is -3.73. The molecule has 1 aromatic heterocycles. The molecule has 6 nitrogen and oxygen atoms in total. The average molecular weight is 516 g/mol. The fourth-order valence-electron chi connectivity index (χ4n) is 4.55. The van der Waals surface area contributed by atoms with E-state index in [4.69, 9.17) is 4.74 Å². The Kier molecular flexibility index (Phi) is 9.11. The highest BCUT2D eigenvalue weighted by atomic mass is 19.1. The first-order valence-electron chi connectivity index (χ1n) is 12.9. The van der Waals surface area contributed by atoms with Gasteiger partial charge in [-0.05, 0) is 43.3 Å². The molecule has 4 rings (SSSR count). The molecule has 0 saturated carbocycles. The number of aliphatic hydroxyl groups is 1. The number of rotatable bonds is 7. The zero-order chi connectivity index (χ0) is 27.1. The van der Waals surface area contributed by atoms with E-state index in [1.807, 2.05) is 57.3 Å². The van der Waals surface area contributed by atoms with Crippen molar-refractivity contribution in [1.82, 2.24) is 14.8 Å². The minimum atomic E-state index is -0.366. The third-order valence-electron chi connectivity index (χ3n) is 6.72. The molecule has 0 bridgehead atoms. The van der Waals surface area contributed by atoms with Crippen LogP contribution in [0, 0.1) is 23.6 Å². The Morgan fingerprint density at radius 2 is 1.95 bits per heavy atom. The molecule has 38 heavy (non-hydrogen) atoms. The SMILES string of the molecule is C[C@H]1CN([C@@H](C)CO)C(=O)c2cc(C#CCc3ccccc3)cnc2O[C@H]1CN(C)Cc1cccc(F)c1. The van der Waals surface area contributed by atoms with E-state index in [1.165, 1.54) is 12.1 Å². The molecule has 0 radical (unpaired) electrons. The van der Waals surface area contributed by atoms with Crippen LogP contribution in [0.5, 0.6) is 5.88 Å². The Bertz CT molecular complexity index is 1300. The van der Waals surface area contributed by atoms with E-state index >= 15 is 0 Å². The summed E-state index contributed by atoms with van der Waals surface area (Å²) in [6.07, 6.45) is 1.94. The fourth-order valence-corrected chi connectivity index (χ4v) is 4.55. The molecule has 0 unspecified atom stereocenters. The smallest absolute Gasteiger partial charge is 0.259 e. The van der Waals surface area contributed by atoms with Crippen LogP contribution in [0.25, 0.3) is 0 Å². The van der Waals surface area contributed by atoms with Gasteiger partial charge in [0.2, 0.25) is 5.88 Å². The Balaban J connectivity index is 1.58. The van der Waals surface area contributed by atoms with Crippen LogP contribution in [-0.4, -0.2) is 64.7 Å². The highest BCUT2D eigenvalue weighted by Crippen LogP contribution is 2.27. The molecule has 0 aliphatic carbocycles. The third kappa shape index (κ3) is 6.97. The summed E-state index contributed by atoms with van der Waals surface area (Å²) in [5.41, 5.74) is 2.94. The van der Waals surface area contributed by atoms with E-state index in [0.717, 1.165) is 11.1 Å². The number of hydrogen-bond donors (Lipinski definition) is 1. The average Bonchev–Trinajstić information content (AvgIpc) is 2.91. The summed E-state index contributed by atoms with van der Waals surface area (Å²) in [5.74, 6) is 5.99. The second-order valence-electron chi connectivity index (χ2n) is 9.99. The van der Waals surface area contributed by atoms with E-state index in [2.05, 4.69) is 21.7 Å². The van der Waals surface area contributed by atoms with Gasteiger partial charge in [-0.25, -0.2) is 9.37 Å². The maximum absolute atomic E-state index is 13.7. The molecule has 3 atom stereocenters. The van der Waals surface area contributed by atoms with Crippen LogP contribution in [0.4, 0.5) is 4.39 Å². The summed E-state index contributed by atoms with van der Waals surface area (Å²) < 4.78 is 20.0. The molecular formula is C31H34FN3O3. The zero-order valence-corrected chi connectivity index (χ0v) is 22.1. The number of carbonyl (C=O) groups excluding carboxylic acids is 1. The number of likely N-dealkylation sites (N-methyl/N-ethyl adjacent to an activating group) is 1. The molecule has 198 valence electrons. The minimum absolute atomic E-state index is 0.0387. The summed E-state index contributed by atoms with van der Waals surface area (Å²) in [5, 5.41) is 9.88. The monoisotopic (exact) mass is 515 g/mol. The van der Waals surface area contributed by atoms with Crippen molar-refractivity contribution >= 4 is 5.91 Å². The van der Waals surface area contributed by atoms with E-state index in [1.54, 1.807) is 23.2 Å². The minimum Gasteiger partial charge on any atom is -0.472 e. The Morgan fingerprint density at radius 3 is 2.68 bits per heavy atom. The quantitative estimate of drug-likeness (QED) is 0.479. The fraction of sp³-hybridized carbons (Fsp3) is 0.355. The number of nitrogens with zero attached hydrogens (tertiary/aromatic N) is 3. The van der Waals surface area contributed by atoms with Crippen molar-refractivity contribution in [2.24, 2.45) is 5.92 Å². The molecule has 1 amide bonds. The van der Waals surface area contributed by atoms with Crippen molar-refractivity contribution in [3.63, 3.8) is 0 Å². The zero-order valence-electron chi connectivity index (χ0n) is 22.1. The highest BCUT2D eigenvalue weighted by molar-refractivity contribution is 5.97. The number of hydrogen-bond acceptors (Lipinski definition) is 5. The van der Waals surface area contributed by atoms with E-state index in [0.29, 0.717) is 37.2 Å². The lowest BCUT2D eigenvalue weighted by atomic mass is 9.99. The lowest BCUT2D eigenvalue weighted by Crippen LogP contribution is -2.49. The predicted molar refractivity (Wildman–Crippen MR) is 145 cm³/mol. The molecule has 2 aromatic carbocycles. The van der Waals surface area contributed by atoms with Crippen LogP contribution in [0.1, 0.15) is 40.9 Å². The Morgan fingerprint density at radius 1 is 1.18 bits per heavy atom. The van der Waals surface area contributed by atoms with Crippen LogP contribution in [0.3, 0.4) is 0 Å². The molecule has 7 heteroatoms. The van der Waals surface area contributed by atoms with Gasteiger partial charge in [-0.1, -0.05) is 61.2 Å². The number of pyridine rings is 1. The molecule has 0 spiro atoms. The number of aromatic nitrogens is 1. The summed E-state index contributed by atoms with van der Waals surface area (Å²) >= 11 is 0. The van der Waals surface area contributed by atoms with Crippen molar-refractivity contribution in [1.29, 1.82) is 0 Å². The maximum Gasteiger partial charge on any atom is 0.259 e. The lowest BCUT2D eigenvalue weighted by molar-refractivity contribution is 0.0325. The van der Waals surface area contributed by atoms with Gasteiger partial charge in [0.1, 0.15) is 17.5 Å². The number of amides is 1. The van der Waals surface area contributed by atoms with Crippen LogP contribution in [0.15, 0.2) is 66.9 Å². The van der Waals surface area contributed by atoms with Crippen molar-refractivity contribution in [3.05, 3.63) is 94.9 Å². The molecule has 0 fully saturated rings. The first-order chi connectivity index (χ1) is 18.3. The van der Waals surface area contributed by atoms with Gasteiger partial charge in [-0.3, -0.25) is 9.69 Å². The molecule has 1 aliphatic heterocycles. The highest BCUT2D eigenvalue weighted by Gasteiger charge is 2.34. The topological polar surface area (TPSA) is 65.9 Å². The van der Waals surface area contributed by atoms with Crippen LogP contribution in [0.2, 0.25) is 0 Å². The standard InChI is InChI=1S/C31H34FN3O3/c1-22-18-35(23(2)21-36)31(37)28-16-25(12-7-11-24-9-5-4-6-10-24)17-33-30(28)38-29(22)20-34(3)19-26-13-8-14-27(32)15-26/h4-6,8-10,13-17,22-23,29,36H,11,18-21H2,1-3H3/t22-,23-,29-/m0/s1. The van der Waals surface area contributed by atoms with Gasteiger partial charge in [-0.15, -0.1) is 0 Å². The van der Waals surface area contributed by atoms with E-state index in [-0.39, 0.29) is 42.3 Å². The van der Waals surface area contributed by atoms with Crippen LogP contribution < -0.4 is 4.74 Å². The molecule has 2 heterocycles. The third-order valence-corrected chi connectivity index (χ3v) is 6.72. The van der Waals surface area contributed by atoms with Gasteiger partial charge in [0.25, 0.3) is 5.91 Å². The Labute approximate surface area is 224 Å². The van der Waals surface area contributed by atoms with E-state index in [9.17, 15) is 14.3 Å². The molecule has 1 aliphatic rings. The summed E-state index contributed by atoms with van der Waals surface area (Å²) in [4.78, 5) is 21.8. The summed E-state index contributed by atoms with van der Waals surface area (Å²) in [6, 6.07) is 17.9. The number of ether oxygens (including phenoxy) is 1. The number of carbonyl (C=O) groups is 1. The van der Waals surface area contributed by atoms with Crippen molar-refractivity contribution < 1.29 is 19.0 Å². The molecular weight excluding hydrogens is 481 g/mol. The predicted octanol–water partition coefficient (Wildman–Crippen LogP) is 4.17. The first-order valence-corrected chi connectivity index (χ1v) is 12.9. The van der Waals surface area contributed by atoms with Crippen molar-refractivity contribution in [3.8, 4) is 17.7 Å². The number of benzene rings is 2. The summed E-state index contributed by atoms with van der Waals surface area (Å²) in [7, 11) is 1.96. The normalized spacial score (nSPS) is 18.1. The van der Waals surface area contributed by atoms with Gasteiger partial charge in [0, 0.05) is 43.7 Å². The van der Waals surface area contributed by atoms with E-state index < -0.39 is 0 Å². The van der Waals surface area contributed by atoms with Crippen LogP contribution >= 0.6 is 0 Å².